The minimum Gasteiger partial charge on any atom is -0.396 e. The van der Waals surface area contributed by atoms with Crippen molar-refractivity contribution in [3.63, 3.8) is 0 Å². The quantitative estimate of drug-likeness (QED) is 0.689. The molecule has 5 heteroatoms. The number of aliphatic hydroxyl groups excluding tert-OH is 1. The first-order chi connectivity index (χ1) is 6.01. The molecule has 1 aliphatic rings. The largest absolute Gasteiger partial charge is 0.396 e. The number of hydrogen-bond donors (Lipinski definition) is 2. The third-order valence-electron chi connectivity index (χ3n) is 2.49. The van der Waals surface area contributed by atoms with Gasteiger partial charge in [-0.05, 0) is 31.6 Å². The van der Waals surface area contributed by atoms with Gasteiger partial charge >= 0.3 is 0 Å². The van der Waals surface area contributed by atoms with Crippen LogP contribution in [0.2, 0.25) is 0 Å². The van der Waals surface area contributed by atoms with Crippen LogP contribution in [0, 0.1) is 5.92 Å². The van der Waals surface area contributed by atoms with E-state index in [0.717, 1.165) is 25.7 Å². The van der Waals surface area contributed by atoms with Gasteiger partial charge in [0.25, 0.3) is 0 Å². The van der Waals surface area contributed by atoms with Crippen LogP contribution in [0.15, 0.2) is 0 Å². The summed E-state index contributed by atoms with van der Waals surface area (Å²) in [5, 5.41) is 8.87. The first kappa shape index (κ1) is 10.9. The molecular formula is C8H17NO3S. The van der Waals surface area contributed by atoms with Crippen LogP contribution in [-0.4, -0.2) is 32.4 Å². The number of aliphatic hydroxyl groups is 1. The van der Waals surface area contributed by atoms with Gasteiger partial charge in [0, 0.05) is 12.6 Å². The minimum absolute atomic E-state index is 0.0813. The highest BCUT2D eigenvalue weighted by Crippen LogP contribution is 2.23. The zero-order valence-electron chi connectivity index (χ0n) is 7.86. The second-order valence-corrected chi connectivity index (χ2v) is 5.57. The molecule has 1 rings (SSSR count). The Morgan fingerprint density at radius 1 is 1.31 bits per heavy atom. The van der Waals surface area contributed by atoms with E-state index < -0.39 is 10.0 Å². The summed E-state index contributed by atoms with van der Waals surface area (Å²) in [5.74, 6) is 0.373. The fourth-order valence-electron chi connectivity index (χ4n) is 1.77. The predicted molar refractivity (Wildman–Crippen MR) is 50.8 cm³/mol. The van der Waals surface area contributed by atoms with Crippen molar-refractivity contribution in [2.45, 2.75) is 31.7 Å². The first-order valence-electron chi connectivity index (χ1n) is 4.59. The standard InChI is InChI=1S/C8H17NO3S/c1-13(11,12)9-8-4-2-7(6-10)3-5-8/h7-10H,2-6H2,1H3/t7-,8-. The number of rotatable bonds is 3. The summed E-state index contributed by atoms with van der Waals surface area (Å²) in [5.41, 5.74) is 0. The third kappa shape index (κ3) is 4.06. The Bertz CT molecular complexity index is 242. The van der Waals surface area contributed by atoms with Crippen molar-refractivity contribution < 1.29 is 13.5 Å². The van der Waals surface area contributed by atoms with Gasteiger partial charge < -0.3 is 5.11 Å². The molecular weight excluding hydrogens is 190 g/mol. The first-order valence-corrected chi connectivity index (χ1v) is 6.48. The number of nitrogens with one attached hydrogen (secondary N) is 1. The van der Waals surface area contributed by atoms with Gasteiger partial charge in [-0.15, -0.1) is 0 Å². The smallest absolute Gasteiger partial charge is 0.208 e. The molecule has 0 heterocycles. The maximum atomic E-state index is 10.9. The monoisotopic (exact) mass is 207 g/mol. The van der Waals surface area contributed by atoms with Crippen molar-refractivity contribution in [3.05, 3.63) is 0 Å². The van der Waals surface area contributed by atoms with E-state index in [9.17, 15) is 8.42 Å². The highest BCUT2D eigenvalue weighted by molar-refractivity contribution is 7.88. The summed E-state index contributed by atoms with van der Waals surface area (Å²) in [4.78, 5) is 0. The number of hydrogen-bond acceptors (Lipinski definition) is 3. The summed E-state index contributed by atoms with van der Waals surface area (Å²) >= 11 is 0. The molecule has 0 unspecified atom stereocenters. The zero-order chi connectivity index (χ0) is 9.90. The molecule has 0 spiro atoms. The maximum Gasteiger partial charge on any atom is 0.208 e. The van der Waals surface area contributed by atoms with Gasteiger partial charge in [-0.2, -0.15) is 0 Å². The lowest BCUT2D eigenvalue weighted by atomic mass is 9.87. The highest BCUT2D eigenvalue weighted by Gasteiger charge is 2.22. The molecule has 78 valence electrons. The Morgan fingerprint density at radius 2 is 1.85 bits per heavy atom. The summed E-state index contributed by atoms with van der Waals surface area (Å²) in [6.07, 6.45) is 4.72. The van der Waals surface area contributed by atoms with Crippen LogP contribution >= 0.6 is 0 Å². The van der Waals surface area contributed by atoms with Crippen LogP contribution in [0.4, 0.5) is 0 Å². The van der Waals surface area contributed by atoms with E-state index in [1.807, 2.05) is 0 Å². The van der Waals surface area contributed by atoms with Crippen molar-refractivity contribution in [1.82, 2.24) is 4.72 Å². The van der Waals surface area contributed by atoms with Crippen LogP contribution in [0.3, 0.4) is 0 Å². The molecule has 0 aromatic carbocycles. The van der Waals surface area contributed by atoms with Gasteiger partial charge in [-0.25, -0.2) is 13.1 Å². The molecule has 1 aliphatic carbocycles. The molecule has 0 aromatic heterocycles. The van der Waals surface area contributed by atoms with E-state index in [2.05, 4.69) is 4.72 Å². The normalized spacial score (nSPS) is 30.3. The van der Waals surface area contributed by atoms with E-state index in [-0.39, 0.29) is 12.6 Å². The van der Waals surface area contributed by atoms with Gasteiger partial charge in [-0.3, -0.25) is 0 Å². The summed E-state index contributed by atoms with van der Waals surface area (Å²) < 4.78 is 24.4. The molecule has 13 heavy (non-hydrogen) atoms. The molecule has 0 amide bonds. The Balaban J connectivity index is 2.33. The topological polar surface area (TPSA) is 66.4 Å². The lowest BCUT2D eigenvalue weighted by molar-refractivity contribution is 0.180. The fourth-order valence-corrected chi connectivity index (χ4v) is 2.61. The van der Waals surface area contributed by atoms with Gasteiger partial charge in [0.15, 0.2) is 0 Å². The Hall–Kier alpha value is -0.130. The second-order valence-electron chi connectivity index (χ2n) is 3.79. The van der Waals surface area contributed by atoms with Gasteiger partial charge in [0.2, 0.25) is 10.0 Å². The molecule has 0 atom stereocenters. The van der Waals surface area contributed by atoms with Crippen LogP contribution < -0.4 is 4.72 Å². The molecule has 1 fully saturated rings. The third-order valence-corrected chi connectivity index (χ3v) is 3.25. The van der Waals surface area contributed by atoms with Crippen molar-refractivity contribution >= 4 is 10.0 Å². The Kier molecular flexibility index (Phi) is 3.70. The molecule has 0 saturated heterocycles. The zero-order valence-corrected chi connectivity index (χ0v) is 8.68. The predicted octanol–water partition coefficient (Wildman–Crippen LogP) is 0.0867. The Labute approximate surface area is 79.4 Å². The molecule has 0 aromatic rings. The van der Waals surface area contributed by atoms with Gasteiger partial charge in [0.1, 0.15) is 0 Å². The van der Waals surface area contributed by atoms with Crippen molar-refractivity contribution in [2.75, 3.05) is 12.9 Å². The van der Waals surface area contributed by atoms with E-state index in [4.69, 9.17) is 5.11 Å². The lowest BCUT2D eigenvalue weighted by Crippen LogP contribution is -2.37. The maximum absolute atomic E-state index is 10.9. The highest BCUT2D eigenvalue weighted by atomic mass is 32.2. The molecule has 0 radical (unpaired) electrons. The van der Waals surface area contributed by atoms with Crippen molar-refractivity contribution in [3.8, 4) is 0 Å². The molecule has 0 bridgehead atoms. The second kappa shape index (κ2) is 4.39. The summed E-state index contributed by atoms with van der Waals surface area (Å²) in [7, 11) is -3.06. The van der Waals surface area contributed by atoms with E-state index in [1.54, 1.807) is 0 Å². The average Bonchev–Trinajstić information content (AvgIpc) is 2.03. The fraction of sp³-hybridized carbons (Fsp3) is 1.00. The molecule has 2 N–H and O–H groups in total. The SMILES string of the molecule is CS(=O)(=O)N[C@H]1CC[C@H](CO)CC1. The van der Waals surface area contributed by atoms with Gasteiger partial charge in [-0.1, -0.05) is 0 Å². The van der Waals surface area contributed by atoms with Crippen LogP contribution in [0.1, 0.15) is 25.7 Å². The summed E-state index contributed by atoms with van der Waals surface area (Å²) in [6.45, 7) is 0.228. The van der Waals surface area contributed by atoms with Crippen LogP contribution in [0.5, 0.6) is 0 Å². The average molecular weight is 207 g/mol. The van der Waals surface area contributed by atoms with E-state index in [1.165, 1.54) is 6.26 Å². The van der Waals surface area contributed by atoms with Crippen molar-refractivity contribution in [1.29, 1.82) is 0 Å². The van der Waals surface area contributed by atoms with Crippen LogP contribution in [-0.2, 0) is 10.0 Å². The van der Waals surface area contributed by atoms with Gasteiger partial charge in [0.05, 0.1) is 6.26 Å². The Morgan fingerprint density at radius 3 is 2.23 bits per heavy atom. The minimum atomic E-state index is -3.06. The summed E-state index contributed by atoms with van der Waals surface area (Å²) in [6, 6.07) is 0.0813. The molecule has 1 saturated carbocycles. The van der Waals surface area contributed by atoms with E-state index in [0.29, 0.717) is 5.92 Å². The lowest BCUT2D eigenvalue weighted by Gasteiger charge is -2.27. The van der Waals surface area contributed by atoms with E-state index >= 15 is 0 Å². The van der Waals surface area contributed by atoms with Crippen molar-refractivity contribution in [2.24, 2.45) is 5.92 Å². The van der Waals surface area contributed by atoms with Crippen LogP contribution in [0.25, 0.3) is 0 Å². The number of sulfonamides is 1. The molecule has 4 nitrogen and oxygen atoms in total. The molecule has 0 aliphatic heterocycles.